The fraction of sp³-hybridized carbons (Fsp3) is 0.520. The van der Waals surface area contributed by atoms with Crippen molar-refractivity contribution in [3.63, 3.8) is 0 Å². The Morgan fingerprint density at radius 3 is 3.03 bits per heavy atom. The van der Waals surface area contributed by atoms with E-state index in [1.807, 2.05) is 24.0 Å². The van der Waals surface area contributed by atoms with Crippen molar-refractivity contribution in [1.82, 2.24) is 25.1 Å². The van der Waals surface area contributed by atoms with E-state index in [-0.39, 0.29) is 5.41 Å². The Hall–Kier alpha value is -2.96. The topological polar surface area (TPSA) is 109 Å². The number of rotatable bonds is 2. The summed E-state index contributed by atoms with van der Waals surface area (Å²) in [5.74, 6) is 0.776. The van der Waals surface area contributed by atoms with Gasteiger partial charge in [0.25, 0.3) is 0 Å². The minimum absolute atomic E-state index is 0.178. The summed E-state index contributed by atoms with van der Waals surface area (Å²) in [6, 6.07) is 4.74. The van der Waals surface area contributed by atoms with E-state index in [4.69, 9.17) is 15.8 Å². The molecule has 3 aromatic heterocycles. The van der Waals surface area contributed by atoms with Gasteiger partial charge in [-0.05, 0) is 63.6 Å². The minimum atomic E-state index is -0.178. The van der Waals surface area contributed by atoms with Crippen LogP contribution in [0.3, 0.4) is 0 Å². The third-order valence-electron chi connectivity index (χ3n) is 7.87. The molecule has 1 spiro atoms. The van der Waals surface area contributed by atoms with Gasteiger partial charge in [-0.1, -0.05) is 0 Å². The molecule has 0 radical (unpaired) electrons. The van der Waals surface area contributed by atoms with Crippen LogP contribution in [0.4, 0.5) is 10.9 Å². The van der Waals surface area contributed by atoms with Crippen molar-refractivity contribution in [2.45, 2.75) is 56.9 Å². The van der Waals surface area contributed by atoms with Crippen molar-refractivity contribution in [2.75, 3.05) is 30.3 Å². The van der Waals surface area contributed by atoms with Crippen LogP contribution in [0.1, 0.15) is 59.9 Å². The maximum Gasteiger partial charge on any atom is 0.226 e. The van der Waals surface area contributed by atoms with Crippen molar-refractivity contribution in [3.8, 4) is 17.5 Å². The molecule has 6 rings (SSSR count). The van der Waals surface area contributed by atoms with E-state index in [9.17, 15) is 5.26 Å². The summed E-state index contributed by atoms with van der Waals surface area (Å²) in [6.45, 7) is 5.12. The number of aromatic nitrogens is 4. The van der Waals surface area contributed by atoms with Crippen molar-refractivity contribution in [1.29, 1.82) is 5.26 Å². The Labute approximate surface area is 203 Å². The number of nitrogens with zero attached hydrogens (tertiary/aromatic N) is 6. The van der Waals surface area contributed by atoms with Crippen LogP contribution in [0.25, 0.3) is 11.4 Å². The number of aryl methyl sites for hydroxylation is 2. The van der Waals surface area contributed by atoms with Crippen molar-refractivity contribution >= 4 is 22.3 Å². The number of hydrogen-bond donors (Lipinski definition) is 2. The third-order valence-corrected chi connectivity index (χ3v) is 8.95. The molecule has 1 saturated heterocycles. The maximum atomic E-state index is 9.93. The second-order valence-electron chi connectivity index (χ2n) is 9.83. The van der Waals surface area contributed by atoms with Crippen molar-refractivity contribution in [2.24, 2.45) is 7.05 Å². The Kier molecular flexibility index (Phi) is 5.12. The quantitative estimate of drug-likeness (QED) is 0.587. The zero-order valence-electron chi connectivity index (χ0n) is 19.8. The molecule has 2 aliphatic carbocycles. The molecule has 1 aliphatic heterocycles. The molecule has 176 valence electrons. The number of thiophene rings is 1. The highest BCUT2D eigenvalue weighted by molar-refractivity contribution is 7.16. The third kappa shape index (κ3) is 3.08. The summed E-state index contributed by atoms with van der Waals surface area (Å²) in [6.07, 6.45) is 8.01. The zero-order chi connectivity index (χ0) is 23.4. The molecular formula is C25H30N8S. The van der Waals surface area contributed by atoms with Gasteiger partial charge >= 0.3 is 0 Å². The second kappa shape index (κ2) is 8.07. The first-order valence-corrected chi connectivity index (χ1v) is 13.0. The maximum absolute atomic E-state index is 9.93. The molecule has 8 nitrogen and oxygen atoms in total. The second-order valence-corrected chi connectivity index (χ2v) is 11.0. The molecule has 34 heavy (non-hydrogen) atoms. The summed E-state index contributed by atoms with van der Waals surface area (Å²) in [4.78, 5) is 13.2. The molecule has 4 heterocycles. The van der Waals surface area contributed by atoms with Crippen molar-refractivity contribution < 1.29 is 0 Å². The molecule has 3 N–H and O–H groups in total. The molecule has 3 aromatic rings. The number of nitrogen functional groups attached to an aromatic ring is 1. The van der Waals surface area contributed by atoms with Crippen LogP contribution in [0.2, 0.25) is 0 Å². The predicted molar refractivity (Wildman–Crippen MR) is 134 cm³/mol. The SMILES string of the molecule is C[C@H]1CNCCCN1c1nccc(-c2nn(C)c3c2CCC32CCCc3sc(N)c(C#N)c32)n1. The van der Waals surface area contributed by atoms with E-state index in [0.29, 0.717) is 16.6 Å². The largest absolute Gasteiger partial charge is 0.389 e. The van der Waals surface area contributed by atoms with E-state index in [2.05, 4.69) is 28.2 Å². The van der Waals surface area contributed by atoms with E-state index in [1.54, 1.807) is 11.3 Å². The van der Waals surface area contributed by atoms with Crippen molar-refractivity contribution in [3.05, 3.63) is 39.5 Å². The number of anilines is 2. The van der Waals surface area contributed by atoms with Gasteiger partial charge in [0.05, 0.1) is 17.0 Å². The van der Waals surface area contributed by atoms with Gasteiger partial charge in [-0.2, -0.15) is 10.4 Å². The zero-order valence-corrected chi connectivity index (χ0v) is 20.6. The van der Waals surface area contributed by atoms with Crippen LogP contribution >= 0.6 is 11.3 Å². The molecule has 0 aromatic carbocycles. The average molecular weight is 475 g/mol. The van der Waals surface area contributed by atoms with Crippen LogP contribution in [-0.4, -0.2) is 45.4 Å². The number of fused-ring (bicyclic) bond motifs is 4. The van der Waals surface area contributed by atoms with Crippen LogP contribution < -0.4 is 16.0 Å². The van der Waals surface area contributed by atoms with Gasteiger partial charge in [-0.25, -0.2) is 9.97 Å². The van der Waals surface area contributed by atoms with Crippen LogP contribution in [0.15, 0.2) is 12.3 Å². The number of hydrogen-bond acceptors (Lipinski definition) is 8. The fourth-order valence-corrected chi connectivity index (χ4v) is 7.61. The lowest BCUT2D eigenvalue weighted by molar-refractivity contribution is 0.402. The molecule has 0 amide bonds. The summed E-state index contributed by atoms with van der Waals surface area (Å²) in [5.41, 5.74) is 12.3. The van der Waals surface area contributed by atoms with Gasteiger partial charge in [0, 0.05) is 48.2 Å². The fourth-order valence-electron chi connectivity index (χ4n) is 6.45. The number of nitrogens with two attached hydrogens (primary N) is 1. The Balaban J connectivity index is 1.45. The first-order chi connectivity index (χ1) is 16.5. The van der Waals surface area contributed by atoms with E-state index < -0.39 is 0 Å². The average Bonchev–Trinajstić information content (AvgIpc) is 3.42. The Morgan fingerprint density at radius 2 is 2.18 bits per heavy atom. The highest BCUT2D eigenvalue weighted by atomic mass is 32.1. The van der Waals surface area contributed by atoms with Gasteiger partial charge in [0.15, 0.2) is 0 Å². The summed E-state index contributed by atoms with van der Waals surface area (Å²) in [7, 11) is 2.04. The monoisotopic (exact) mass is 474 g/mol. The number of nitriles is 1. The van der Waals surface area contributed by atoms with Gasteiger partial charge in [-0.3, -0.25) is 4.68 Å². The van der Waals surface area contributed by atoms with Crippen LogP contribution in [0.5, 0.6) is 0 Å². The predicted octanol–water partition coefficient (Wildman–Crippen LogP) is 3.15. The molecule has 0 bridgehead atoms. The standard InChI is InChI=1S/C25H30N8S/c1-15-14-28-10-4-12-33(15)24-29-11-7-18(30-24)21-16-6-9-25(22(16)32(2)31-21)8-3-5-19-20(25)17(13-26)23(27)34-19/h7,11,15,28H,3-6,8-10,12,14,27H2,1-2H3/t15-,25?/m0/s1. The van der Waals surface area contributed by atoms with Gasteiger partial charge in [-0.15, -0.1) is 11.3 Å². The summed E-state index contributed by atoms with van der Waals surface area (Å²) in [5, 5.41) is 19.1. The lowest BCUT2D eigenvalue weighted by atomic mass is 9.69. The smallest absolute Gasteiger partial charge is 0.226 e. The molecule has 0 saturated carbocycles. The summed E-state index contributed by atoms with van der Waals surface area (Å²) >= 11 is 1.60. The van der Waals surface area contributed by atoms with Crippen LogP contribution in [0, 0.1) is 11.3 Å². The van der Waals surface area contributed by atoms with E-state index >= 15 is 0 Å². The first kappa shape index (κ1) is 21.6. The summed E-state index contributed by atoms with van der Waals surface area (Å²) < 4.78 is 2.04. The van der Waals surface area contributed by atoms with Gasteiger partial charge in [0.1, 0.15) is 16.8 Å². The molecule has 3 aliphatic rings. The lowest BCUT2D eigenvalue weighted by Gasteiger charge is -2.35. The molecule has 1 unspecified atom stereocenters. The van der Waals surface area contributed by atoms with Gasteiger partial charge in [0.2, 0.25) is 5.95 Å². The molecule has 2 atom stereocenters. The van der Waals surface area contributed by atoms with E-state index in [0.717, 1.165) is 75.5 Å². The Bertz CT molecular complexity index is 1300. The lowest BCUT2D eigenvalue weighted by Crippen LogP contribution is -2.38. The highest BCUT2D eigenvalue weighted by Gasteiger charge is 2.49. The minimum Gasteiger partial charge on any atom is -0.389 e. The number of nitrogens with one attached hydrogen (secondary N) is 1. The molecular weight excluding hydrogens is 444 g/mol. The van der Waals surface area contributed by atoms with E-state index in [1.165, 1.54) is 21.7 Å². The Morgan fingerprint density at radius 1 is 1.29 bits per heavy atom. The van der Waals surface area contributed by atoms with Gasteiger partial charge < -0.3 is 16.0 Å². The molecule has 9 heteroatoms. The van der Waals surface area contributed by atoms with Crippen LogP contribution in [-0.2, 0) is 25.3 Å². The molecule has 1 fully saturated rings. The first-order valence-electron chi connectivity index (χ1n) is 12.2. The highest BCUT2D eigenvalue weighted by Crippen LogP contribution is 2.56. The normalized spacial score (nSPS) is 24.0.